The monoisotopic (exact) mass is 462 g/mol. The number of nitrogens with one attached hydrogen (secondary N) is 2. The predicted molar refractivity (Wildman–Crippen MR) is 126 cm³/mol. The van der Waals surface area contributed by atoms with E-state index in [-0.39, 0.29) is 30.4 Å². The van der Waals surface area contributed by atoms with Gasteiger partial charge in [0.15, 0.2) is 0 Å². The Kier molecular flexibility index (Phi) is 5.38. The number of alkyl carbamates (subject to hydrolysis) is 1. The van der Waals surface area contributed by atoms with Gasteiger partial charge in [-0.1, -0.05) is 55.5 Å². The third kappa shape index (κ3) is 3.63. The van der Waals surface area contributed by atoms with Crippen LogP contribution in [0.25, 0.3) is 11.1 Å². The SMILES string of the molecule is CCC(C)(NC(=O)OCC1c2ccccc2-c2ccccc21)C(=O)NC1CC2CC2(C(=O)O)C1. The Bertz CT molecular complexity index is 1120. The molecular formula is C27H30N2O5. The van der Waals surface area contributed by atoms with Gasteiger partial charge in [-0.25, -0.2) is 4.79 Å². The zero-order valence-corrected chi connectivity index (χ0v) is 19.5. The van der Waals surface area contributed by atoms with Crippen molar-refractivity contribution in [1.82, 2.24) is 10.6 Å². The van der Waals surface area contributed by atoms with Crippen LogP contribution in [0.5, 0.6) is 0 Å². The predicted octanol–water partition coefficient (Wildman–Crippen LogP) is 4.06. The lowest BCUT2D eigenvalue weighted by Gasteiger charge is -2.30. The Balaban J connectivity index is 1.21. The molecule has 2 amide bonds. The van der Waals surface area contributed by atoms with E-state index < -0.39 is 23.0 Å². The van der Waals surface area contributed by atoms with E-state index in [0.29, 0.717) is 25.7 Å². The van der Waals surface area contributed by atoms with Crippen molar-refractivity contribution in [3.63, 3.8) is 0 Å². The Morgan fingerprint density at radius 1 is 1.06 bits per heavy atom. The van der Waals surface area contributed by atoms with E-state index in [1.165, 1.54) is 0 Å². The Morgan fingerprint density at radius 3 is 2.24 bits per heavy atom. The van der Waals surface area contributed by atoms with E-state index in [1.807, 2.05) is 31.2 Å². The van der Waals surface area contributed by atoms with Crippen LogP contribution in [-0.4, -0.2) is 41.3 Å². The number of carbonyl (C=O) groups is 3. The summed E-state index contributed by atoms with van der Waals surface area (Å²) >= 11 is 0. The maximum Gasteiger partial charge on any atom is 0.408 e. The van der Waals surface area contributed by atoms with Gasteiger partial charge in [-0.15, -0.1) is 0 Å². The first-order valence-corrected chi connectivity index (χ1v) is 11.9. The number of carbonyl (C=O) groups excluding carboxylic acids is 2. The Labute approximate surface area is 198 Å². The van der Waals surface area contributed by atoms with Crippen LogP contribution in [-0.2, 0) is 14.3 Å². The van der Waals surface area contributed by atoms with Crippen LogP contribution >= 0.6 is 0 Å². The zero-order chi connectivity index (χ0) is 24.1. The van der Waals surface area contributed by atoms with Gasteiger partial charge in [0.25, 0.3) is 0 Å². The minimum atomic E-state index is -1.15. The molecule has 7 nitrogen and oxygen atoms in total. The van der Waals surface area contributed by atoms with Crippen molar-refractivity contribution in [3.8, 4) is 11.1 Å². The van der Waals surface area contributed by atoms with Gasteiger partial charge in [-0.05, 0) is 60.8 Å². The highest BCUT2D eigenvalue weighted by atomic mass is 16.5. The molecule has 3 aliphatic carbocycles. The van der Waals surface area contributed by atoms with E-state index in [0.717, 1.165) is 22.3 Å². The molecule has 178 valence electrons. The molecule has 5 rings (SSSR count). The molecule has 0 heterocycles. The maximum atomic E-state index is 13.0. The van der Waals surface area contributed by atoms with Crippen molar-refractivity contribution >= 4 is 18.0 Å². The molecule has 2 saturated carbocycles. The highest BCUT2D eigenvalue weighted by Gasteiger charge is 2.65. The number of carboxylic acid groups (broad SMARTS) is 1. The average Bonchev–Trinajstić information content (AvgIpc) is 3.26. The van der Waals surface area contributed by atoms with Crippen molar-refractivity contribution in [2.75, 3.05) is 6.61 Å². The molecule has 2 aromatic rings. The van der Waals surface area contributed by atoms with Crippen molar-refractivity contribution in [1.29, 1.82) is 0 Å². The highest BCUT2D eigenvalue weighted by Crippen LogP contribution is 2.63. The summed E-state index contributed by atoms with van der Waals surface area (Å²) in [6.07, 6.45) is 1.55. The number of aliphatic carboxylic acids is 1. The number of carboxylic acids is 1. The summed E-state index contributed by atoms with van der Waals surface area (Å²) in [5.41, 5.74) is 2.74. The minimum absolute atomic E-state index is 0.0581. The van der Waals surface area contributed by atoms with Gasteiger partial charge in [-0.2, -0.15) is 0 Å². The quantitative estimate of drug-likeness (QED) is 0.576. The number of benzene rings is 2. The molecular weight excluding hydrogens is 432 g/mol. The second-order valence-electron chi connectivity index (χ2n) is 10.1. The molecule has 3 N–H and O–H groups in total. The van der Waals surface area contributed by atoms with Crippen LogP contribution in [0.1, 0.15) is 56.6 Å². The van der Waals surface area contributed by atoms with E-state index in [1.54, 1.807) is 6.92 Å². The first-order chi connectivity index (χ1) is 16.3. The van der Waals surface area contributed by atoms with Crippen molar-refractivity contribution in [2.24, 2.45) is 11.3 Å². The summed E-state index contributed by atoms with van der Waals surface area (Å²) in [5, 5.41) is 15.2. The number of hydrogen-bond acceptors (Lipinski definition) is 4. The number of amides is 2. The lowest BCUT2D eigenvalue weighted by atomic mass is 9.96. The fraction of sp³-hybridized carbons (Fsp3) is 0.444. The van der Waals surface area contributed by atoms with Gasteiger partial charge in [0.2, 0.25) is 5.91 Å². The largest absolute Gasteiger partial charge is 0.481 e. The van der Waals surface area contributed by atoms with Crippen LogP contribution in [0.15, 0.2) is 48.5 Å². The van der Waals surface area contributed by atoms with Gasteiger partial charge in [-0.3, -0.25) is 9.59 Å². The van der Waals surface area contributed by atoms with Gasteiger partial charge < -0.3 is 20.5 Å². The lowest BCUT2D eigenvalue weighted by molar-refractivity contribution is -0.144. The van der Waals surface area contributed by atoms with Crippen molar-refractivity contribution in [2.45, 2.75) is 57.0 Å². The third-order valence-corrected chi connectivity index (χ3v) is 8.10. The van der Waals surface area contributed by atoms with E-state index >= 15 is 0 Å². The summed E-state index contributed by atoms with van der Waals surface area (Å²) in [6.45, 7) is 3.67. The zero-order valence-electron chi connectivity index (χ0n) is 19.5. The number of hydrogen-bond donors (Lipinski definition) is 3. The average molecular weight is 463 g/mol. The highest BCUT2D eigenvalue weighted by molar-refractivity contribution is 5.90. The van der Waals surface area contributed by atoms with Gasteiger partial charge in [0.05, 0.1) is 5.41 Å². The topological polar surface area (TPSA) is 105 Å². The smallest absolute Gasteiger partial charge is 0.408 e. The van der Waals surface area contributed by atoms with Crippen molar-refractivity contribution < 1.29 is 24.2 Å². The molecule has 0 aromatic heterocycles. The van der Waals surface area contributed by atoms with Crippen LogP contribution in [0.4, 0.5) is 4.79 Å². The van der Waals surface area contributed by atoms with Crippen LogP contribution < -0.4 is 10.6 Å². The molecule has 2 fully saturated rings. The lowest BCUT2D eigenvalue weighted by Crippen LogP contribution is -2.58. The van der Waals surface area contributed by atoms with Gasteiger partial charge in [0.1, 0.15) is 12.1 Å². The summed E-state index contributed by atoms with van der Waals surface area (Å²) < 4.78 is 5.62. The van der Waals surface area contributed by atoms with E-state index in [4.69, 9.17) is 4.74 Å². The molecule has 2 aromatic carbocycles. The van der Waals surface area contributed by atoms with E-state index in [2.05, 4.69) is 34.9 Å². The Morgan fingerprint density at radius 2 is 1.68 bits per heavy atom. The fourth-order valence-corrected chi connectivity index (χ4v) is 5.78. The standard InChI is InChI=1S/C27H30N2O5/c1-3-26(2,23(30)28-17-12-16-13-27(16,14-17)24(31)32)29-25(33)34-15-22-20-10-6-4-8-18(20)19-9-5-7-11-21(19)22/h4-11,16-17,22H,3,12-15H2,1-2H3,(H,28,30)(H,29,33)(H,31,32). The normalized spacial score (nSPS) is 25.9. The first kappa shape index (κ1) is 22.4. The number of ether oxygens (including phenoxy) is 1. The fourth-order valence-electron chi connectivity index (χ4n) is 5.78. The van der Waals surface area contributed by atoms with Crippen LogP contribution in [0.2, 0.25) is 0 Å². The van der Waals surface area contributed by atoms with E-state index in [9.17, 15) is 19.5 Å². The van der Waals surface area contributed by atoms with Gasteiger partial charge in [0, 0.05) is 12.0 Å². The second-order valence-corrected chi connectivity index (χ2v) is 10.1. The molecule has 34 heavy (non-hydrogen) atoms. The molecule has 4 unspecified atom stereocenters. The molecule has 0 radical (unpaired) electrons. The summed E-state index contributed by atoms with van der Waals surface area (Å²) in [4.78, 5) is 37.3. The molecule has 7 heteroatoms. The summed E-state index contributed by atoms with van der Waals surface area (Å²) in [7, 11) is 0. The van der Waals surface area contributed by atoms with Crippen LogP contribution in [0, 0.1) is 11.3 Å². The molecule has 0 spiro atoms. The molecule has 3 aliphatic rings. The van der Waals surface area contributed by atoms with Crippen LogP contribution in [0.3, 0.4) is 0 Å². The number of fused-ring (bicyclic) bond motifs is 4. The second kappa shape index (κ2) is 8.15. The third-order valence-electron chi connectivity index (χ3n) is 8.10. The molecule has 4 atom stereocenters. The summed E-state index contributed by atoms with van der Waals surface area (Å²) in [6, 6.07) is 16.1. The maximum absolute atomic E-state index is 13.0. The molecule has 0 aliphatic heterocycles. The van der Waals surface area contributed by atoms with Crippen molar-refractivity contribution in [3.05, 3.63) is 59.7 Å². The Hall–Kier alpha value is -3.35. The molecule has 0 bridgehead atoms. The number of rotatable bonds is 7. The first-order valence-electron chi connectivity index (χ1n) is 11.9. The van der Waals surface area contributed by atoms with Gasteiger partial charge >= 0.3 is 12.1 Å². The summed E-state index contributed by atoms with van der Waals surface area (Å²) in [5.74, 6) is -1.00. The minimum Gasteiger partial charge on any atom is -0.481 e. The molecule has 0 saturated heterocycles.